The maximum atomic E-state index is 13.3. The van der Waals surface area contributed by atoms with Gasteiger partial charge in [0.1, 0.15) is 11.6 Å². The van der Waals surface area contributed by atoms with Gasteiger partial charge in [-0.05, 0) is 25.1 Å². The van der Waals surface area contributed by atoms with Crippen LogP contribution in [-0.4, -0.2) is 10.9 Å². The van der Waals surface area contributed by atoms with Gasteiger partial charge >= 0.3 is 0 Å². The maximum Gasteiger partial charge on any atom is 0.250 e. The fourth-order valence-electron chi connectivity index (χ4n) is 1.39. The van der Waals surface area contributed by atoms with Crippen molar-refractivity contribution in [3.8, 4) is 0 Å². The Morgan fingerprint density at radius 2 is 2.05 bits per heavy atom. The fraction of sp³-hybridized carbons (Fsp3) is 0.0769. The molecule has 0 aliphatic heterocycles. The summed E-state index contributed by atoms with van der Waals surface area (Å²) in [6.45, 7) is 1.86. The average molecular weight is 280 g/mol. The normalized spacial score (nSPS) is 10.9. The highest BCUT2D eigenvalue weighted by Gasteiger charge is 2.06. The van der Waals surface area contributed by atoms with Crippen molar-refractivity contribution < 1.29 is 13.6 Å². The van der Waals surface area contributed by atoms with Gasteiger partial charge in [-0.1, -0.05) is 6.07 Å². The van der Waals surface area contributed by atoms with Crippen LogP contribution in [0.15, 0.2) is 30.5 Å². The molecule has 19 heavy (non-hydrogen) atoms. The molecule has 0 spiro atoms. The van der Waals surface area contributed by atoms with Crippen molar-refractivity contribution in [2.24, 2.45) is 0 Å². The molecule has 0 fully saturated rings. The Bertz CT molecular complexity index is 617. The second-order valence-electron chi connectivity index (χ2n) is 3.73. The van der Waals surface area contributed by atoms with E-state index in [4.69, 9.17) is 0 Å². The molecule has 2 rings (SSSR count). The van der Waals surface area contributed by atoms with Crippen LogP contribution in [0, 0.1) is 18.6 Å². The fourth-order valence-corrected chi connectivity index (χ4v) is 2.06. The van der Waals surface area contributed by atoms with E-state index in [9.17, 15) is 13.6 Å². The molecule has 0 radical (unpaired) electrons. The second kappa shape index (κ2) is 5.71. The predicted molar refractivity (Wildman–Crippen MR) is 70.9 cm³/mol. The van der Waals surface area contributed by atoms with Gasteiger partial charge in [-0.25, -0.2) is 13.8 Å². The molecule has 1 heterocycles. The lowest BCUT2D eigenvalue weighted by Gasteiger charge is -1.99. The Balaban J connectivity index is 2.08. The van der Waals surface area contributed by atoms with Gasteiger partial charge in [0.25, 0.3) is 0 Å². The van der Waals surface area contributed by atoms with Gasteiger partial charge in [0.2, 0.25) is 5.91 Å². The number of hydrogen-bond donors (Lipinski definition) is 1. The molecule has 0 bridgehead atoms. The van der Waals surface area contributed by atoms with Crippen LogP contribution < -0.4 is 5.32 Å². The lowest BCUT2D eigenvalue weighted by molar-refractivity contribution is -0.111. The van der Waals surface area contributed by atoms with Gasteiger partial charge in [-0.3, -0.25) is 10.1 Å². The number of thiazole rings is 1. The molecular weight excluding hydrogens is 270 g/mol. The summed E-state index contributed by atoms with van der Waals surface area (Å²) in [5, 5.41) is 2.95. The Kier molecular flexibility index (Phi) is 4.01. The van der Waals surface area contributed by atoms with E-state index < -0.39 is 17.5 Å². The van der Waals surface area contributed by atoms with E-state index in [-0.39, 0.29) is 5.56 Å². The molecule has 0 atom stereocenters. The number of rotatable bonds is 3. The van der Waals surface area contributed by atoms with E-state index in [1.807, 2.05) is 6.92 Å². The van der Waals surface area contributed by atoms with E-state index in [1.165, 1.54) is 17.4 Å². The van der Waals surface area contributed by atoms with Crippen molar-refractivity contribution in [1.82, 2.24) is 4.98 Å². The van der Waals surface area contributed by atoms with Crippen molar-refractivity contribution in [1.29, 1.82) is 0 Å². The predicted octanol–water partition coefficient (Wildman–Crippen LogP) is 3.38. The molecule has 0 unspecified atom stereocenters. The van der Waals surface area contributed by atoms with Crippen molar-refractivity contribution in [3.63, 3.8) is 0 Å². The Hall–Kier alpha value is -2.08. The molecule has 1 N–H and O–H groups in total. The molecule has 98 valence electrons. The van der Waals surface area contributed by atoms with Crippen LogP contribution in [0.2, 0.25) is 0 Å². The minimum absolute atomic E-state index is 0.243. The quantitative estimate of drug-likeness (QED) is 0.876. The minimum Gasteiger partial charge on any atom is -0.298 e. The molecule has 3 nitrogen and oxygen atoms in total. The first kappa shape index (κ1) is 13.4. The zero-order valence-corrected chi connectivity index (χ0v) is 10.8. The van der Waals surface area contributed by atoms with Gasteiger partial charge in [0.05, 0.1) is 0 Å². The van der Waals surface area contributed by atoms with Gasteiger partial charge < -0.3 is 0 Å². The summed E-state index contributed by atoms with van der Waals surface area (Å²) in [5.41, 5.74) is -0.243. The number of halogens is 2. The van der Waals surface area contributed by atoms with E-state index >= 15 is 0 Å². The first-order chi connectivity index (χ1) is 9.06. The highest BCUT2D eigenvalue weighted by Crippen LogP contribution is 2.17. The van der Waals surface area contributed by atoms with E-state index in [2.05, 4.69) is 10.3 Å². The van der Waals surface area contributed by atoms with Crippen LogP contribution in [0.4, 0.5) is 13.9 Å². The molecule has 1 aromatic carbocycles. The van der Waals surface area contributed by atoms with E-state index in [0.29, 0.717) is 5.13 Å². The summed E-state index contributed by atoms with van der Waals surface area (Å²) in [6, 6.07) is 3.52. The zero-order chi connectivity index (χ0) is 13.8. The van der Waals surface area contributed by atoms with Crippen LogP contribution in [0.1, 0.15) is 10.4 Å². The number of carbonyl (C=O) groups excluding carboxylic acids is 1. The third kappa shape index (κ3) is 3.45. The number of aromatic nitrogens is 1. The summed E-state index contributed by atoms with van der Waals surface area (Å²) in [5.74, 6) is -1.92. The molecule has 0 aliphatic rings. The first-order valence-electron chi connectivity index (χ1n) is 5.42. The Morgan fingerprint density at radius 1 is 1.37 bits per heavy atom. The number of carbonyl (C=O) groups is 1. The number of amides is 1. The van der Waals surface area contributed by atoms with E-state index in [0.717, 1.165) is 29.2 Å². The highest BCUT2D eigenvalue weighted by molar-refractivity contribution is 7.15. The zero-order valence-electron chi connectivity index (χ0n) is 9.98. The summed E-state index contributed by atoms with van der Waals surface area (Å²) >= 11 is 1.32. The Labute approximate surface area is 112 Å². The van der Waals surface area contributed by atoms with Crippen LogP contribution >= 0.6 is 11.3 Å². The molecule has 1 aromatic heterocycles. The van der Waals surface area contributed by atoms with Gasteiger partial charge in [0.15, 0.2) is 5.13 Å². The summed E-state index contributed by atoms with van der Waals surface area (Å²) in [6.07, 6.45) is 3.79. The topological polar surface area (TPSA) is 42.0 Å². The monoisotopic (exact) mass is 280 g/mol. The molecule has 0 saturated carbocycles. The number of aryl methyl sites for hydroxylation is 1. The number of benzene rings is 1. The second-order valence-corrected chi connectivity index (χ2v) is 4.97. The van der Waals surface area contributed by atoms with Crippen LogP contribution in [0.5, 0.6) is 0 Å². The summed E-state index contributed by atoms with van der Waals surface area (Å²) in [7, 11) is 0. The SMILES string of the molecule is Cc1cnc(NC(=O)C=Cc2c(F)cccc2F)s1. The van der Waals surface area contributed by atoms with Crippen LogP contribution in [0.3, 0.4) is 0 Å². The smallest absolute Gasteiger partial charge is 0.250 e. The first-order valence-corrected chi connectivity index (χ1v) is 6.23. The molecule has 6 heteroatoms. The lowest BCUT2D eigenvalue weighted by atomic mass is 10.2. The maximum absolute atomic E-state index is 13.3. The van der Waals surface area contributed by atoms with Crippen LogP contribution in [-0.2, 0) is 4.79 Å². The summed E-state index contributed by atoms with van der Waals surface area (Å²) in [4.78, 5) is 16.4. The minimum atomic E-state index is -0.714. The van der Waals surface area contributed by atoms with E-state index in [1.54, 1.807) is 6.20 Å². The summed E-state index contributed by atoms with van der Waals surface area (Å²) < 4.78 is 26.6. The van der Waals surface area contributed by atoms with Gasteiger partial charge in [-0.2, -0.15) is 0 Å². The van der Waals surface area contributed by atoms with Crippen molar-refractivity contribution in [3.05, 3.63) is 52.5 Å². The molecule has 0 aliphatic carbocycles. The van der Waals surface area contributed by atoms with Gasteiger partial charge in [-0.15, -0.1) is 11.3 Å². The lowest BCUT2D eigenvalue weighted by Crippen LogP contribution is -2.07. The molecule has 0 saturated heterocycles. The highest BCUT2D eigenvalue weighted by atomic mass is 32.1. The number of anilines is 1. The standard InChI is InChI=1S/C13H10F2N2OS/c1-8-7-16-13(19-8)17-12(18)6-5-9-10(14)3-2-4-11(9)15/h2-7H,1H3,(H,16,17,18). The van der Waals surface area contributed by atoms with Gasteiger partial charge in [0, 0.05) is 22.7 Å². The number of nitrogens with one attached hydrogen (secondary N) is 1. The number of hydrogen-bond acceptors (Lipinski definition) is 3. The third-order valence-corrected chi connectivity index (χ3v) is 3.08. The molecule has 2 aromatic rings. The number of nitrogens with zero attached hydrogens (tertiary/aromatic N) is 1. The molecule has 1 amide bonds. The molecular formula is C13H10F2N2OS. The largest absolute Gasteiger partial charge is 0.298 e. The van der Waals surface area contributed by atoms with Crippen molar-refractivity contribution in [2.75, 3.05) is 5.32 Å². The van der Waals surface area contributed by atoms with Crippen molar-refractivity contribution >= 4 is 28.5 Å². The average Bonchev–Trinajstić information content (AvgIpc) is 2.74. The third-order valence-electron chi connectivity index (χ3n) is 2.25. The van der Waals surface area contributed by atoms with Crippen molar-refractivity contribution in [2.45, 2.75) is 6.92 Å². The van der Waals surface area contributed by atoms with Crippen LogP contribution in [0.25, 0.3) is 6.08 Å². The Morgan fingerprint density at radius 3 is 2.63 bits per heavy atom.